The first-order valence-corrected chi connectivity index (χ1v) is 9.42. The molecule has 0 aromatic rings. The molecule has 0 heterocycles. The van der Waals surface area contributed by atoms with Crippen molar-refractivity contribution < 1.29 is 0 Å². The van der Waals surface area contributed by atoms with Gasteiger partial charge in [0.1, 0.15) is 0 Å². The van der Waals surface area contributed by atoms with Gasteiger partial charge in [-0.1, -0.05) is 20.3 Å². The Hall–Kier alpha value is -0.0800. The van der Waals surface area contributed by atoms with Crippen LogP contribution in [-0.4, -0.2) is 38.1 Å². The average Bonchev–Trinajstić information content (AvgIpc) is 3.03. The van der Waals surface area contributed by atoms with Crippen LogP contribution in [0.4, 0.5) is 0 Å². The predicted octanol–water partition coefficient (Wildman–Crippen LogP) is 3.62. The van der Waals surface area contributed by atoms with Crippen molar-refractivity contribution in [1.82, 2.24) is 10.2 Å². The fourth-order valence-corrected chi connectivity index (χ4v) is 5.98. The highest BCUT2D eigenvalue weighted by Gasteiger charge is 2.40. The van der Waals surface area contributed by atoms with Crippen molar-refractivity contribution >= 4 is 0 Å². The second kappa shape index (κ2) is 6.58. The Labute approximate surface area is 132 Å². The number of hydrogen-bond acceptors (Lipinski definition) is 2. The molecule has 3 aliphatic carbocycles. The number of hydrogen-bond donors (Lipinski definition) is 1. The van der Waals surface area contributed by atoms with Gasteiger partial charge in [0.2, 0.25) is 0 Å². The van der Waals surface area contributed by atoms with E-state index in [1.807, 2.05) is 0 Å². The fourth-order valence-electron chi connectivity index (χ4n) is 5.98. The van der Waals surface area contributed by atoms with Gasteiger partial charge in [-0.3, -0.25) is 0 Å². The van der Waals surface area contributed by atoms with E-state index >= 15 is 0 Å². The molecule has 2 bridgehead atoms. The summed E-state index contributed by atoms with van der Waals surface area (Å²) in [5.41, 5.74) is 0. The van der Waals surface area contributed by atoms with Gasteiger partial charge in [0.15, 0.2) is 0 Å². The molecule has 3 fully saturated rings. The highest BCUT2D eigenvalue weighted by Crippen LogP contribution is 2.48. The molecule has 0 aliphatic heterocycles. The number of nitrogens with zero attached hydrogens (tertiary/aromatic N) is 1. The van der Waals surface area contributed by atoms with Gasteiger partial charge in [0, 0.05) is 19.1 Å². The van der Waals surface area contributed by atoms with E-state index in [0.29, 0.717) is 0 Å². The largest absolute Gasteiger partial charge is 0.317 e. The van der Waals surface area contributed by atoms with Crippen molar-refractivity contribution in [3.8, 4) is 0 Å². The summed E-state index contributed by atoms with van der Waals surface area (Å²) in [6.45, 7) is 7.57. The van der Waals surface area contributed by atoms with Gasteiger partial charge in [-0.05, 0) is 81.7 Å². The minimum Gasteiger partial charge on any atom is -0.317 e. The van der Waals surface area contributed by atoms with Crippen molar-refractivity contribution in [2.45, 2.75) is 58.4 Å². The zero-order valence-electron chi connectivity index (χ0n) is 14.6. The lowest BCUT2D eigenvalue weighted by molar-refractivity contribution is 0.103. The zero-order chi connectivity index (χ0) is 15.0. The smallest absolute Gasteiger partial charge is 0.0110 e. The SMILES string of the molecule is CNC1CC(C)CC(C)C1CN(C)CC1CC2CCC1C2. The third kappa shape index (κ3) is 3.47. The highest BCUT2D eigenvalue weighted by molar-refractivity contribution is 4.92. The molecule has 7 atom stereocenters. The van der Waals surface area contributed by atoms with E-state index in [2.05, 4.69) is 38.2 Å². The van der Waals surface area contributed by atoms with Crippen LogP contribution in [0.5, 0.6) is 0 Å². The van der Waals surface area contributed by atoms with Crippen LogP contribution in [0.15, 0.2) is 0 Å². The van der Waals surface area contributed by atoms with Crippen LogP contribution in [0, 0.1) is 35.5 Å². The first-order valence-electron chi connectivity index (χ1n) is 9.42. The maximum Gasteiger partial charge on any atom is 0.0110 e. The summed E-state index contributed by atoms with van der Waals surface area (Å²) in [6.07, 6.45) is 8.93. The van der Waals surface area contributed by atoms with E-state index in [1.54, 1.807) is 6.42 Å². The van der Waals surface area contributed by atoms with Crippen molar-refractivity contribution in [1.29, 1.82) is 0 Å². The third-order valence-electron chi connectivity index (χ3n) is 7.00. The minimum absolute atomic E-state index is 0.728. The first kappa shape index (κ1) is 15.8. The molecule has 2 nitrogen and oxygen atoms in total. The van der Waals surface area contributed by atoms with Crippen LogP contribution >= 0.6 is 0 Å². The van der Waals surface area contributed by atoms with Crippen LogP contribution in [0.2, 0.25) is 0 Å². The van der Waals surface area contributed by atoms with Crippen molar-refractivity contribution in [3.05, 3.63) is 0 Å². The lowest BCUT2D eigenvalue weighted by Gasteiger charge is -2.42. The standard InChI is InChI=1S/C19H36N2/c1-13-7-14(2)18(19(8-13)20-3)12-21(4)11-17-10-15-5-6-16(17)9-15/h13-20H,5-12H2,1-4H3. The van der Waals surface area contributed by atoms with Crippen molar-refractivity contribution in [2.75, 3.05) is 27.2 Å². The van der Waals surface area contributed by atoms with Crippen molar-refractivity contribution in [3.63, 3.8) is 0 Å². The lowest BCUT2D eigenvalue weighted by atomic mass is 9.72. The minimum atomic E-state index is 0.728. The van der Waals surface area contributed by atoms with Gasteiger partial charge >= 0.3 is 0 Å². The van der Waals surface area contributed by atoms with E-state index in [1.165, 1.54) is 45.2 Å². The molecule has 0 aromatic carbocycles. The Morgan fingerprint density at radius 3 is 2.43 bits per heavy atom. The number of rotatable bonds is 5. The molecule has 3 aliphatic rings. The molecular weight excluding hydrogens is 256 g/mol. The Kier molecular flexibility index (Phi) is 4.95. The van der Waals surface area contributed by atoms with E-state index in [-0.39, 0.29) is 0 Å². The quantitative estimate of drug-likeness (QED) is 0.832. The average molecular weight is 293 g/mol. The summed E-state index contributed by atoms with van der Waals surface area (Å²) >= 11 is 0. The van der Waals surface area contributed by atoms with Crippen LogP contribution < -0.4 is 5.32 Å². The number of fused-ring (bicyclic) bond motifs is 2. The van der Waals surface area contributed by atoms with Gasteiger partial charge in [0.25, 0.3) is 0 Å². The molecule has 7 unspecified atom stereocenters. The van der Waals surface area contributed by atoms with Gasteiger partial charge in [0.05, 0.1) is 0 Å². The molecule has 0 amide bonds. The monoisotopic (exact) mass is 292 g/mol. The van der Waals surface area contributed by atoms with E-state index < -0.39 is 0 Å². The third-order valence-corrected chi connectivity index (χ3v) is 7.00. The summed E-state index contributed by atoms with van der Waals surface area (Å²) in [5, 5.41) is 3.61. The molecule has 3 saturated carbocycles. The van der Waals surface area contributed by atoms with Gasteiger partial charge in [-0.15, -0.1) is 0 Å². The van der Waals surface area contributed by atoms with Crippen LogP contribution in [-0.2, 0) is 0 Å². The van der Waals surface area contributed by atoms with Gasteiger partial charge in [-0.2, -0.15) is 0 Å². The summed E-state index contributed by atoms with van der Waals surface area (Å²) in [4.78, 5) is 2.67. The molecule has 0 spiro atoms. The molecule has 21 heavy (non-hydrogen) atoms. The second-order valence-electron chi connectivity index (χ2n) is 8.77. The van der Waals surface area contributed by atoms with Crippen LogP contribution in [0.1, 0.15) is 52.4 Å². The predicted molar refractivity (Wildman–Crippen MR) is 90.3 cm³/mol. The Morgan fingerprint density at radius 1 is 1.00 bits per heavy atom. The second-order valence-corrected chi connectivity index (χ2v) is 8.77. The normalized spacial score (nSPS) is 46.4. The Morgan fingerprint density at radius 2 is 1.81 bits per heavy atom. The Bertz CT molecular complexity index is 342. The Balaban J connectivity index is 1.52. The van der Waals surface area contributed by atoms with E-state index in [0.717, 1.165) is 41.5 Å². The van der Waals surface area contributed by atoms with Crippen LogP contribution in [0.3, 0.4) is 0 Å². The molecule has 1 N–H and O–H groups in total. The lowest BCUT2D eigenvalue weighted by Crippen LogP contribution is -2.48. The van der Waals surface area contributed by atoms with E-state index in [9.17, 15) is 0 Å². The van der Waals surface area contributed by atoms with Gasteiger partial charge < -0.3 is 10.2 Å². The summed E-state index contributed by atoms with van der Waals surface area (Å²) in [5.74, 6) is 5.78. The number of nitrogens with one attached hydrogen (secondary N) is 1. The molecule has 0 saturated heterocycles. The first-order chi connectivity index (χ1) is 10.1. The van der Waals surface area contributed by atoms with Crippen LogP contribution in [0.25, 0.3) is 0 Å². The van der Waals surface area contributed by atoms with Gasteiger partial charge in [-0.25, -0.2) is 0 Å². The summed E-state index contributed by atoms with van der Waals surface area (Å²) < 4.78 is 0. The molecular formula is C19H36N2. The zero-order valence-corrected chi connectivity index (χ0v) is 14.6. The molecule has 0 radical (unpaired) electrons. The molecule has 3 rings (SSSR count). The summed E-state index contributed by atoms with van der Waals surface area (Å²) in [7, 11) is 4.54. The molecule has 2 heteroatoms. The summed E-state index contributed by atoms with van der Waals surface area (Å²) in [6, 6.07) is 0.728. The maximum atomic E-state index is 3.61. The maximum absolute atomic E-state index is 3.61. The van der Waals surface area contributed by atoms with Crippen molar-refractivity contribution in [2.24, 2.45) is 35.5 Å². The topological polar surface area (TPSA) is 15.3 Å². The fraction of sp³-hybridized carbons (Fsp3) is 1.00. The molecule has 0 aromatic heterocycles. The van der Waals surface area contributed by atoms with E-state index in [4.69, 9.17) is 0 Å². The molecule has 122 valence electrons. The highest BCUT2D eigenvalue weighted by atomic mass is 15.1.